The number of hydroxylamine groups is 2. The van der Waals surface area contributed by atoms with Crippen LogP contribution in [0.4, 0.5) is 4.39 Å². The number of aryl methyl sites for hydroxylation is 1. The fourth-order valence-electron chi connectivity index (χ4n) is 3.80. The highest BCUT2D eigenvalue weighted by Gasteiger charge is 2.32. The Morgan fingerprint density at radius 2 is 1.86 bits per heavy atom. The number of carbonyl (C=O) groups is 2. The van der Waals surface area contributed by atoms with Crippen LogP contribution >= 0.6 is 0 Å². The first-order chi connectivity index (χ1) is 16.7. The van der Waals surface area contributed by atoms with Crippen molar-refractivity contribution in [2.75, 3.05) is 0 Å². The van der Waals surface area contributed by atoms with E-state index in [9.17, 15) is 23.1 Å². The number of aldehydes is 1. The molecule has 0 unspecified atom stereocenters. The number of carboxylic acid groups (broad SMARTS) is 1. The summed E-state index contributed by atoms with van der Waals surface area (Å²) in [5.41, 5.74) is -0.742. The second-order valence-electron chi connectivity index (χ2n) is 9.89. The Balaban J connectivity index is 2.27. The molecule has 3 aromatic rings. The van der Waals surface area contributed by atoms with Crippen LogP contribution < -0.4 is 0 Å². The summed E-state index contributed by atoms with van der Waals surface area (Å²) in [4.78, 5) is 33.9. The summed E-state index contributed by atoms with van der Waals surface area (Å²) < 4.78 is 42.8. The van der Waals surface area contributed by atoms with Gasteiger partial charge in [-0.25, -0.2) is 26.6 Å². The van der Waals surface area contributed by atoms with Crippen molar-refractivity contribution in [2.45, 2.75) is 64.6 Å². The van der Waals surface area contributed by atoms with Crippen LogP contribution in [-0.4, -0.2) is 51.4 Å². The monoisotopic (exact) mass is 519 g/mol. The van der Waals surface area contributed by atoms with Crippen molar-refractivity contribution in [2.24, 2.45) is 5.92 Å². The van der Waals surface area contributed by atoms with Crippen LogP contribution in [0.2, 0.25) is 0 Å². The van der Waals surface area contributed by atoms with Crippen LogP contribution in [-0.2, 0) is 26.2 Å². The number of aromatic carboxylic acids is 1. The summed E-state index contributed by atoms with van der Waals surface area (Å²) in [6, 6.07) is 5.25. The second-order valence-corrected chi connectivity index (χ2v) is 11.7. The maximum Gasteiger partial charge on any atom is 0.337 e. The molecule has 0 aliphatic heterocycles. The first-order valence-corrected chi connectivity index (χ1v) is 12.8. The van der Waals surface area contributed by atoms with Crippen molar-refractivity contribution in [1.82, 2.24) is 14.0 Å². The lowest BCUT2D eigenvalue weighted by Crippen LogP contribution is -2.44. The summed E-state index contributed by atoms with van der Waals surface area (Å²) in [6.45, 7) is 10.3. The number of carboxylic acids is 1. The van der Waals surface area contributed by atoms with E-state index in [0.29, 0.717) is 6.29 Å². The molecule has 2 heterocycles. The van der Waals surface area contributed by atoms with Crippen LogP contribution in [0.3, 0.4) is 0 Å². The van der Waals surface area contributed by atoms with Crippen LogP contribution in [0.1, 0.15) is 56.1 Å². The van der Waals surface area contributed by atoms with Gasteiger partial charge in [0.2, 0.25) is 0 Å². The lowest BCUT2D eigenvalue weighted by molar-refractivity contribution is -0.255. The van der Waals surface area contributed by atoms with E-state index in [2.05, 4.69) is 4.98 Å². The van der Waals surface area contributed by atoms with Crippen molar-refractivity contribution < 1.29 is 32.3 Å². The molecule has 0 bridgehead atoms. The Morgan fingerprint density at radius 3 is 2.36 bits per heavy atom. The van der Waals surface area contributed by atoms with E-state index in [4.69, 9.17) is 4.84 Å². The first-order valence-electron chi connectivity index (χ1n) is 11.3. The highest BCUT2D eigenvalue weighted by atomic mass is 32.2. The quantitative estimate of drug-likeness (QED) is 0.330. The average molecular weight is 520 g/mol. The molecular weight excluding hydrogens is 489 g/mol. The number of fused-ring (bicyclic) bond motifs is 1. The zero-order chi connectivity index (χ0) is 27.0. The molecule has 11 heteroatoms. The molecule has 3 rings (SSSR count). The Hall–Kier alpha value is -3.15. The van der Waals surface area contributed by atoms with Crippen molar-refractivity contribution in [3.05, 3.63) is 59.2 Å². The number of aromatic nitrogens is 2. The second kappa shape index (κ2) is 10.1. The van der Waals surface area contributed by atoms with E-state index in [1.165, 1.54) is 17.2 Å². The van der Waals surface area contributed by atoms with Gasteiger partial charge in [0.1, 0.15) is 12.1 Å². The van der Waals surface area contributed by atoms with E-state index >= 15 is 4.39 Å². The normalized spacial score (nSPS) is 13.5. The lowest BCUT2D eigenvalue weighted by atomic mass is 10.0. The molecule has 0 saturated carbocycles. The minimum Gasteiger partial charge on any atom is -0.478 e. The third-order valence-electron chi connectivity index (χ3n) is 5.51. The minimum atomic E-state index is -4.25. The van der Waals surface area contributed by atoms with E-state index in [-0.39, 0.29) is 34.0 Å². The molecule has 9 nitrogen and oxygen atoms in total. The molecule has 36 heavy (non-hydrogen) atoms. The summed E-state index contributed by atoms with van der Waals surface area (Å²) >= 11 is 0. The van der Waals surface area contributed by atoms with Gasteiger partial charge in [0.05, 0.1) is 34.8 Å². The van der Waals surface area contributed by atoms with E-state index in [1.54, 1.807) is 53.7 Å². The largest absolute Gasteiger partial charge is 0.478 e. The molecule has 0 radical (unpaired) electrons. The topological polar surface area (TPSA) is 119 Å². The molecule has 194 valence electrons. The maximum atomic E-state index is 15.2. The van der Waals surface area contributed by atoms with E-state index < -0.39 is 39.0 Å². The third kappa shape index (κ3) is 5.48. The van der Waals surface area contributed by atoms with Gasteiger partial charge in [-0.2, -0.15) is 5.06 Å². The van der Waals surface area contributed by atoms with Crippen LogP contribution in [0.25, 0.3) is 11.0 Å². The number of benzene rings is 1. The Bertz CT molecular complexity index is 1390. The van der Waals surface area contributed by atoms with Crippen LogP contribution in [0, 0.1) is 18.7 Å². The smallest absolute Gasteiger partial charge is 0.337 e. The number of rotatable bonds is 9. The van der Waals surface area contributed by atoms with Crippen molar-refractivity contribution >= 4 is 33.3 Å². The first kappa shape index (κ1) is 27.4. The Labute approximate surface area is 209 Å². The molecule has 2 aromatic heterocycles. The summed E-state index contributed by atoms with van der Waals surface area (Å²) in [7, 11) is -4.25. The SMILES string of the molecule is Cc1ccc(S(=O)(=O)n2cc(C(=O)O)c3c(CN(OC(C)(C)C)[C@@H](C=O)C(C)C)c(F)cnc32)cc1. The predicted octanol–water partition coefficient (Wildman–Crippen LogP) is 4.17. The van der Waals surface area contributed by atoms with Gasteiger partial charge < -0.3 is 9.90 Å². The molecule has 1 atom stereocenters. The fraction of sp³-hybridized carbons (Fsp3) is 0.400. The van der Waals surface area contributed by atoms with Gasteiger partial charge in [-0.1, -0.05) is 31.5 Å². The lowest BCUT2D eigenvalue weighted by Gasteiger charge is -2.35. The molecular formula is C25H30FN3O6S. The molecule has 1 N–H and O–H groups in total. The summed E-state index contributed by atoms with van der Waals surface area (Å²) in [5.74, 6) is -2.52. The predicted molar refractivity (Wildman–Crippen MR) is 131 cm³/mol. The standard InChI is InChI=1S/C25H30FN3O6S/c1-15(2)21(14-30)28(35-25(4,5)6)12-18-20(26)11-27-23-22(18)19(24(31)32)13-29(23)36(33,34)17-9-7-16(3)8-10-17/h7-11,13-15,21H,12H2,1-6H3,(H,31,32)/t21-/m0/s1. The highest BCUT2D eigenvalue weighted by Crippen LogP contribution is 2.31. The molecule has 0 saturated heterocycles. The van der Waals surface area contributed by atoms with E-state index in [0.717, 1.165) is 21.9 Å². The highest BCUT2D eigenvalue weighted by molar-refractivity contribution is 7.90. The Morgan fingerprint density at radius 1 is 1.25 bits per heavy atom. The number of nitrogens with zero attached hydrogens (tertiary/aromatic N) is 3. The van der Waals surface area contributed by atoms with Gasteiger partial charge >= 0.3 is 5.97 Å². The number of carbonyl (C=O) groups excluding carboxylic acids is 1. The molecule has 0 fully saturated rings. The molecule has 1 aromatic carbocycles. The van der Waals surface area contributed by atoms with Crippen molar-refractivity contribution in [3.63, 3.8) is 0 Å². The van der Waals surface area contributed by atoms with Crippen molar-refractivity contribution in [1.29, 1.82) is 0 Å². The van der Waals surface area contributed by atoms with Crippen LogP contribution in [0.5, 0.6) is 0 Å². The average Bonchev–Trinajstić information content (AvgIpc) is 3.16. The summed E-state index contributed by atoms with van der Waals surface area (Å²) in [5, 5.41) is 11.0. The van der Waals surface area contributed by atoms with Crippen LogP contribution in [0.15, 0.2) is 41.6 Å². The zero-order valence-corrected chi connectivity index (χ0v) is 21.8. The number of halogens is 1. The van der Waals surface area contributed by atoms with Gasteiger partial charge in [-0.15, -0.1) is 0 Å². The Kier molecular flexibility index (Phi) is 7.68. The fourth-order valence-corrected chi connectivity index (χ4v) is 5.11. The number of pyridine rings is 1. The van der Waals surface area contributed by atoms with Gasteiger partial charge in [0.25, 0.3) is 10.0 Å². The van der Waals surface area contributed by atoms with Gasteiger partial charge in [-0.3, -0.25) is 4.84 Å². The van der Waals surface area contributed by atoms with Gasteiger partial charge in [0, 0.05) is 17.1 Å². The number of hydrogen-bond acceptors (Lipinski definition) is 7. The molecule has 0 aliphatic rings. The van der Waals surface area contributed by atoms with Gasteiger partial charge in [0.15, 0.2) is 5.65 Å². The van der Waals surface area contributed by atoms with Crippen molar-refractivity contribution in [3.8, 4) is 0 Å². The zero-order valence-electron chi connectivity index (χ0n) is 21.0. The molecule has 0 amide bonds. The minimum absolute atomic E-state index is 0.0758. The number of hydrogen-bond donors (Lipinski definition) is 1. The van der Waals surface area contributed by atoms with E-state index in [1.807, 2.05) is 0 Å². The maximum absolute atomic E-state index is 15.2. The van der Waals surface area contributed by atoms with Gasteiger partial charge in [-0.05, 0) is 45.7 Å². The molecule has 0 spiro atoms. The third-order valence-corrected chi connectivity index (χ3v) is 7.17. The summed E-state index contributed by atoms with van der Waals surface area (Å²) in [6.07, 6.45) is 2.44. The molecule has 0 aliphatic carbocycles.